The summed E-state index contributed by atoms with van der Waals surface area (Å²) in [4.78, 5) is 38.6. The van der Waals surface area contributed by atoms with Gasteiger partial charge in [0, 0.05) is 28.5 Å². The van der Waals surface area contributed by atoms with E-state index in [0.29, 0.717) is 22.8 Å². The number of fused-ring (bicyclic) bond motifs is 1. The van der Waals surface area contributed by atoms with Gasteiger partial charge in [-0.05, 0) is 77.9 Å². The first kappa shape index (κ1) is 25.3. The van der Waals surface area contributed by atoms with Crippen molar-refractivity contribution in [1.82, 2.24) is 5.32 Å². The number of rotatable bonds is 6. The smallest absolute Gasteiger partial charge is 0.326 e. The van der Waals surface area contributed by atoms with Crippen LogP contribution in [0.15, 0.2) is 60.7 Å². The SMILES string of the molecule is Cc1cc(-c2ccc(NC(=O)N3CCc4cc(Cl)ccc43)cc2)ccc1C(=O)N[C@H](C(=O)O)C(C)C. The van der Waals surface area contributed by atoms with E-state index in [1.807, 2.05) is 55.5 Å². The van der Waals surface area contributed by atoms with Crippen LogP contribution in [0.2, 0.25) is 5.02 Å². The van der Waals surface area contributed by atoms with Crippen LogP contribution in [0, 0.1) is 12.8 Å². The average Bonchev–Trinajstić information content (AvgIpc) is 3.25. The van der Waals surface area contributed by atoms with Gasteiger partial charge in [-0.15, -0.1) is 0 Å². The first-order chi connectivity index (χ1) is 17.1. The molecule has 1 atom stereocenters. The molecule has 1 aliphatic rings. The largest absolute Gasteiger partial charge is 0.480 e. The van der Waals surface area contributed by atoms with Crippen LogP contribution in [0.4, 0.5) is 16.2 Å². The van der Waals surface area contributed by atoms with Crippen molar-refractivity contribution in [2.45, 2.75) is 33.2 Å². The third kappa shape index (κ3) is 5.36. The van der Waals surface area contributed by atoms with Gasteiger partial charge in [-0.2, -0.15) is 0 Å². The molecule has 0 saturated carbocycles. The van der Waals surface area contributed by atoms with Gasteiger partial charge in [-0.1, -0.05) is 49.7 Å². The Morgan fingerprint density at radius 1 is 0.972 bits per heavy atom. The number of hydrogen-bond donors (Lipinski definition) is 3. The average molecular weight is 506 g/mol. The number of carboxylic acids is 1. The molecular weight excluding hydrogens is 478 g/mol. The third-order valence-corrected chi connectivity index (χ3v) is 6.58. The maximum absolute atomic E-state index is 12.8. The number of carboxylic acid groups (broad SMARTS) is 1. The fourth-order valence-electron chi connectivity index (χ4n) is 4.35. The van der Waals surface area contributed by atoms with Crippen molar-refractivity contribution in [3.8, 4) is 11.1 Å². The standard InChI is InChI=1S/C28H28ClN3O4/c1-16(2)25(27(34)35)31-26(33)23-10-6-19(14-17(23)3)18-4-8-22(9-5-18)30-28(36)32-13-12-20-15-21(29)7-11-24(20)32/h4-11,14-16,25H,12-13H2,1-3H3,(H,30,36)(H,31,33)(H,34,35)/t25-/m0/s1. The molecule has 0 saturated heterocycles. The number of aliphatic carboxylic acids is 1. The summed E-state index contributed by atoms with van der Waals surface area (Å²) >= 11 is 6.06. The number of amides is 3. The summed E-state index contributed by atoms with van der Waals surface area (Å²) in [6.45, 7) is 5.92. The van der Waals surface area contributed by atoms with Gasteiger partial charge in [-0.3, -0.25) is 9.69 Å². The Kier molecular flexibility index (Phi) is 7.31. The van der Waals surface area contributed by atoms with Gasteiger partial charge in [0.05, 0.1) is 0 Å². The van der Waals surface area contributed by atoms with Crippen molar-refractivity contribution in [1.29, 1.82) is 0 Å². The van der Waals surface area contributed by atoms with Gasteiger partial charge in [0.15, 0.2) is 0 Å². The van der Waals surface area contributed by atoms with Crippen LogP contribution in [0.3, 0.4) is 0 Å². The fraction of sp³-hybridized carbons (Fsp3) is 0.250. The number of nitrogens with zero attached hydrogens (tertiary/aromatic N) is 1. The first-order valence-electron chi connectivity index (χ1n) is 11.8. The van der Waals surface area contributed by atoms with Crippen molar-refractivity contribution in [3.05, 3.63) is 82.4 Å². The molecule has 1 aliphatic heterocycles. The van der Waals surface area contributed by atoms with E-state index in [1.54, 1.807) is 30.9 Å². The van der Waals surface area contributed by atoms with Crippen molar-refractivity contribution >= 4 is 40.9 Å². The molecule has 3 amide bonds. The highest BCUT2D eigenvalue weighted by molar-refractivity contribution is 6.30. The van der Waals surface area contributed by atoms with Gasteiger partial charge in [-0.25, -0.2) is 9.59 Å². The highest BCUT2D eigenvalue weighted by atomic mass is 35.5. The van der Waals surface area contributed by atoms with Crippen LogP contribution in [0.1, 0.15) is 35.3 Å². The molecule has 36 heavy (non-hydrogen) atoms. The van der Waals surface area contributed by atoms with E-state index in [0.717, 1.165) is 34.4 Å². The molecule has 186 valence electrons. The summed E-state index contributed by atoms with van der Waals surface area (Å²) in [5, 5.41) is 15.6. The highest BCUT2D eigenvalue weighted by Gasteiger charge is 2.26. The van der Waals surface area contributed by atoms with Gasteiger partial charge in [0.2, 0.25) is 0 Å². The molecule has 0 unspecified atom stereocenters. The van der Waals surface area contributed by atoms with Gasteiger partial charge < -0.3 is 15.7 Å². The quantitative estimate of drug-likeness (QED) is 0.397. The van der Waals surface area contributed by atoms with E-state index >= 15 is 0 Å². The molecular formula is C28H28ClN3O4. The molecule has 4 rings (SSSR count). The van der Waals surface area contributed by atoms with Crippen LogP contribution in [-0.4, -0.2) is 35.6 Å². The van der Waals surface area contributed by atoms with E-state index < -0.39 is 17.9 Å². The number of carbonyl (C=O) groups is 3. The monoisotopic (exact) mass is 505 g/mol. The van der Waals surface area contributed by atoms with Gasteiger partial charge in [0.1, 0.15) is 6.04 Å². The number of anilines is 2. The molecule has 0 aliphatic carbocycles. The van der Waals surface area contributed by atoms with Crippen molar-refractivity contribution in [2.24, 2.45) is 5.92 Å². The Morgan fingerprint density at radius 3 is 2.31 bits per heavy atom. The molecule has 0 radical (unpaired) electrons. The Balaban J connectivity index is 1.44. The minimum Gasteiger partial charge on any atom is -0.480 e. The molecule has 0 bridgehead atoms. The number of nitrogens with one attached hydrogen (secondary N) is 2. The number of benzene rings is 3. The summed E-state index contributed by atoms with van der Waals surface area (Å²) in [6, 6.07) is 17.3. The molecule has 8 heteroatoms. The molecule has 0 fully saturated rings. The van der Waals surface area contributed by atoms with E-state index in [9.17, 15) is 19.5 Å². The number of halogens is 1. The summed E-state index contributed by atoms with van der Waals surface area (Å²) in [5.41, 5.74) is 5.61. The van der Waals surface area contributed by atoms with E-state index in [2.05, 4.69) is 10.6 Å². The third-order valence-electron chi connectivity index (χ3n) is 6.34. The molecule has 3 N–H and O–H groups in total. The normalized spacial score (nSPS) is 13.3. The lowest BCUT2D eigenvalue weighted by molar-refractivity contribution is -0.140. The second-order valence-electron chi connectivity index (χ2n) is 9.25. The summed E-state index contributed by atoms with van der Waals surface area (Å²) in [5.74, 6) is -1.70. The zero-order valence-corrected chi connectivity index (χ0v) is 21.1. The van der Waals surface area contributed by atoms with Crippen LogP contribution in [-0.2, 0) is 11.2 Å². The minimum atomic E-state index is -1.06. The van der Waals surface area contributed by atoms with Crippen LogP contribution < -0.4 is 15.5 Å². The maximum atomic E-state index is 12.8. The van der Waals surface area contributed by atoms with Crippen molar-refractivity contribution in [2.75, 3.05) is 16.8 Å². The lowest BCUT2D eigenvalue weighted by atomic mass is 9.98. The van der Waals surface area contributed by atoms with E-state index in [-0.39, 0.29) is 11.9 Å². The Morgan fingerprint density at radius 2 is 1.67 bits per heavy atom. The molecule has 3 aromatic carbocycles. The Hall–Kier alpha value is -3.84. The second kappa shape index (κ2) is 10.4. The van der Waals surface area contributed by atoms with Crippen LogP contribution >= 0.6 is 11.6 Å². The van der Waals surface area contributed by atoms with Crippen molar-refractivity contribution in [3.63, 3.8) is 0 Å². The predicted molar refractivity (Wildman–Crippen MR) is 142 cm³/mol. The van der Waals surface area contributed by atoms with E-state index in [1.165, 1.54) is 0 Å². The summed E-state index contributed by atoms with van der Waals surface area (Å²) in [7, 11) is 0. The van der Waals surface area contributed by atoms with Gasteiger partial charge >= 0.3 is 12.0 Å². The topological polar surface area (TPSA) is 98.7 Å². The number of carbonyl (C=O) groups excluding carboxylic acids is 2. The molecule has 7 nitrogen and oxygen atoms in total. The van der Waals surface area contributed by atoms with Crippen LogP contribution in [0.5, 0.6) is 0 Å². The number of urea groups is 1. The molecule has 0 aromatic heterocycles. The zero-order valence-electron chi connectivity index (χ0n) is 20.3. The van der Waals surface area contributed by atoms with E-state index in [4.69, 9.17) is 11.6 Å². The summed E-state index contributed by atoms with van der Waals surface area (Å²) < 4.78 is 0. The fourth-order valence-corrected chi connectivity index (χ4v) is 4.54. The zero-order chi connectivity index (χ0) is 26.0. The summed E-state index contributed by atoms with van der Waals surface area (Å²) in [6.07, 6.45) is 0.768. The predicted octanol–water partition coefficient (Wildman–Crippen LogP) is 5.75. The Bertz CT molecular complexity index is 1320. The van der Waals surface area contributed by atoms with Gasteiger partial charge in [0.25, 0.3) is 5.91 Å². The lowest BCUT2D eigenvalue weighted by Crippen LogP contribution is -2.44. The molecule has 0 spiro atoms. The minimum absolute atomic E-state index is 0.198. The van der Waals surface area contributed by atoms with Crippen molar-refractivity contribution < 1.29 is 19.5 Å². The lowest BCUT2D eigenvalue weighted by Gasteiger charge is -2.19. The maximum Gasteiger partial charge on any atom is 0.326 e. The molecule has 3 aromatic rings. The highest BCUT2D eigenvalue weighted by Crippen LogP contribution is 2.31. The second-order valence-corrected chi connectivity index (χ2v) is 9.68. The number of hydrogen-bond acceptors (Lipinski definition) is 3. The Labute approximate surface area is 215 Å². The van der Waals surface area contributed by atoms with Crippen LogP contribution in [0.25, 0.3) is 11.1 Å². The molecule has 1 heterocycles. The first-order valence-corrected chi connectivity index (χ1v) is 12.1. The number of aryl methyl sites for hydroxylation is 1.